The summed E-state index contributed by atoms with van der Waals surface area (Å²) in [7, 11) is -2.54. The molecule has 0 saturated carbocycles. The van der Waals surface area contributed by atoms with E-state index in [2.05, 4.69) is 0 Å². The van der Waals surface area contributed by atoms with Crippen LogP contribution < -0.4 is 0 Å². The highest BCUT2D eigenvalue weighted by molar-refractivity contribution is 7.89. The molecule has 1 rings (SSSR count). The maximum atomic E-state index is 12.4. The minimum atomic E-state index is -3.83. The number of carbonyl (C=O) groups is 1. The van der Waals surface area contributed by atoms with Gasteiger partial charge in [-0.05, 0) is 31.5 Å². The average molecular weight is 296 g/mol. The van der Waals surface area contributed by atoms with E-state index in [1.54, 1.807) is 26.0 Å². The Hall–Kier alpha value is -1.91. The molecule has 0 spiro atoms. The van der Waals surface area contributed by atoms with Gasteiger partial charge in [0.2, 0.25) is 10.0 Å². The number of nitriles is 1. The molecule has 20 heavy (non-hydrogen) atoms. The molecule has 108 valence electrons. The summed E-state index contributed by atoms with van der Waals surface area (Å²) in [6.07, 6.45) is 0. The van der Waals surface area contributed by atoms with Crippen molar-refractivity contribution in [1.82, 2.24) is 4.31 Å². The molecule has 0 aromatic heterocycles. The first-order valence-corrected chi connectivity index (χ1v) is 7.39. The fourth-order valence-electron chi connectivity index (χ4n) is 1.59. The summed E-state index contributed by atoms with van der Waals surface area (Å²) in [6, 6.07) is 6.29. The summed E-state index contributed by atoms with van der Waals surface area (Å²) in [5, 5.41) is 8.84. The minimum absolute atomic E-state index is 0.0170. The van der Waals surface area contributed by atoms with Crippen LogP contribution in [0.3, 0.4) is 0 Å². The van der Waals surface area contributed by atoms with Gasteiger partial charge in [0, 0.05) is 7.05 Å². The number of hydrogen-bond donors (Lipinski definition) is 0. The van der Waals surface area contributed by atoms with Crippen molar-refractivity contribution in [3.8, 4) is 6.07 Å². The van der Waals surface area contributed by atoms with Crippen molar-refractivity contribution in [1.29, 1.82) is 5.26 Å². The molecule has 0 bridgehead atoms. The van der Waals surface area contributed by atoms with Crippen molar-refractivity contribution in [3.05, 3.63) is 29.3 Å². The first-order chi connectivity index (χ1) is 9.32. The summed E-state index contributed by atoms with van der Waals surface area (Å²) in [6.45, 7) is 3.10. The van der Waals surface area contributed by atoms with Crippen LogP contribution in [-0.2, 0) is 19.6 Å². The Labute approximate surface area is 118 Å². The maximum Gasteiger partial charge on any atom is 0.321 e. The van der Waals surface area contributed by atoms with Gasteiger partial charge >= 0.3 is 5.97 Å². The third-order valence-electron chi connectivity index (χ3n) is 2.66. The molecule has 0 aliphatic heterocycles. The molecule has 0 atom stereocenters. The van der Waals surface area contributed by atoms with Gasteiger partial charge in [0.25, 0.3) is 0 Å². The second-order valence-electron chi connectivity index (χ2n) is 4.16. The first kappa shape index (κ1) is 16.1. The van der Waals surface area contributed by atoms with Gasteiger partial charge in [-0.2, -0.15) is 9.57 Å². The molecule has 7 heteroatoms. The molecule has 0 heterocycles. The Bertz CT molecular complexity index is 647. The molecule has 0 N–H and O–H groups in total. The van der Waals surface area contributed by atoms with Crippen molar-refractivity contribution < 1.29 is 17.9 Å². The summed E-state index contributed by atoms with van der Waals surface area (Å²) in [4.78, 5) is 11.4. The van der Waals surface area contributed by atoms with Gasteiger partial charge in [0.15, 0.2) is 0 Å². The van der Waals surface area contributed by atoms with Crippen molar-refractivity contribution in [2.75, 3.05) is 20.2 Å². The van der Waals surface area contributed by atoms with Gasteiger partial charge in [0.05, 0.1) is 23.1 Å². The second-order valence-corrected chi connectivity index (χ2v) is 6.17. The maximum absolute atomic E-state index is 12.4. The zero-order chi connectivity index (χ0) is 15.3. The van der Waals surface area contributed by atoms with E-state index in [1.807, 2.05) is 6.07 Å². The fourth-order valence-corrected chi connectivity index (χ4v) is 2.95. The van der Waals surface area contributed by atoms with E-state index in [1.165, 1.54) is 13.1 Å². The summed E-state index contributed by atoms with van der Waals surface area (Å²) in [5.74, 6) is -0.618. The number of nitrogens with zero attached hydrogens (tertiary/aromatic N) is 2. The molecule has 0 radical (unpaired) electrons. The molecule has 0 fully saturated rings. The molecular formula is C13H16N2O4S. The molecule has 0 aliphatic carbocycles. The zero-order valence-corrected chi connectivity index (χ0v) is 12.4. The van der Waals surface area contributed by atoms with Crippen LogP contribution in [0.15, 0.2) is 23.1 Å². The predicted octanol–water partition coefficient (Wildman–Crippen LogP) is 1.05. The lowest BCUT2D eigenvalue weighted by Gasteiger charge is -2.17. The number of aryl methyl sites for hydroxylation is 1. The minimum Gasteiger partial charge on any atom is -0.465 e. The Kier molecular flexibility index (Phi) is 5.25. The van der Waals surface area contributed by atoms with Crippen LogP contribution in [0.4, 0.5) is 0 Å². The Morgan fingerprint density at radius 3 is 2.65 bits per heavy atom. The van der Waals surface area contributed by atoms with E-state index in [0.29, 0.717) is 5.56 Å². The number of carbonyl (C=O) groups excluding carboxylic acids is 1. The monoisotopic (exact) mass is 296 g/mol. The lowest BCUT2D eigenvalue weighted by atomic mass is 10.2. The quantitative estimate of drug-likeness (QED) is 0.758. The van der Waals surface area contributed by atoms with Crippen LogP contribution in [0.5, 0.6) is 0 Å². The molecule has 0 amide bonds. The van der Waals surface area contributed by atoms with E-state index in [4.69, 9.17) is 10.00 Å². The molecule has 0 saturated heterocycles. The fraction of sp³-hybridized carbons (Fsp3) is 0.385. The number of benzene rings is 1. The second kappa shape index (κ2) is 6.50. The van der Waals surface area contributed by atoms with Gasteiger partial charge in [-0.15, -0.1) is 0 Å². The Morgan fingerprint density at radius 1 is 1.45 bits per heavy atom. The summed E-state index contributed by atoms with van der Waals surface area (Å²) < 4.78 is 30.4. The highest BCUT2D eigenvalue weighted by Gasteiger charge is 2.25. The number of likely N-dealkylation sites (N-methyl/N-ethyl adjacent to an activating group) is 1. The average Bonchev–Trinajstić information content (AvgIpc) is 2.39. The van der Waals surface area contributed by atoms with Crippen LogP contribution in [0, 0.1) is 18.3 Å². The van der Waals surface area contributed by atoms with E-state index < -0.39 is 16.0 Å². The molecular weight excluding hydrogens is 280 g/mol. The number of ether oxygens (including phenoxy) is 1. The topological polar surface area (TPSA) is 87.5 Å². The highest BCUT2D eigenvalue weighted by atomic mass is 32.2. The lowest BCUT2D eigenvalue weighted by molar-refractivity contribution is -0.143. The van der Waals surface area contributed by atoms with Gasteiger partial charge in [-0.3, -0.25) is 4.79 Å². The SMILES string of the molecule is CCOC(=O)CN(C)S(=O)(=O)c1cc(C#N)ccc1C. The largest absolute Gasteiger partial charge is 0.465 e. The van der Waals surface area contributed by atoms with Gasteiger partial charge in [-0.25, -0.2) is 8.42 Å². The normalized spacial score (nSPS) is 11.2. The summed E-state index contributed by atoms with van der Waals surface area (Å²) >= 11 is 0. The molecule has 0 unspecified atom stereocenters. The molecule has 1 aromatic rings. The van der Waals surface area contributed by atoms with E-state index in [-0.39, 0.29) is 23.6 Å². The highest BCUT2D eigenvalue weighted by Crippen LogP contribution is 2.20. The third-order valence-corrected chi connectivity index (χ3v) is 4.61. The Morgan fingerprint density at radius 2 is 2.10 bits per heavy atom. The molecule has 1 aromatic carbocycles. The summed E-state index contributed by atoms with van der Waals surface area (Å²) in [5.41, 5.74) is 0.762. The molecule has 0 aliphatic rings. The van der Waals surface area contributed by atoms with E-state index >= 15 is 0 Å². The van der Waals surface area contributed by atoms with E-state index in [0.717, 1.165) is 4.31 Å². The number of sulfonamides is 1. The van der Waals surface area contributed by atoms with Crippen LogP contribution in [0.25, 0.3) is 0 Å². The van der Waals surface area contributed by atoms with Crippen LogP contribution >= 0.6 is 0 Å². The predicted molar refractivity (Wildman–Crippen MR) is 72.3 cm³/mol. The number of hydrogen-bond acceptors (Lipinski definition) is 5. The number of rotatable bonds is 5. The van der Waals surface area contributed by atoms with Gasteiger partial charge < -0.3 is 4.74 Å². The van der Waals surface area contributed by atoms with Gasteiger partial charge in [-0.1, -0.05) is 6.07 Å². The van der Waals surface area contributed by atoms with Crippen molar-refractivity contribution in [3.63, 3.8) is 0 Å². The van der Waals surface area contributed by atoms with Crippen molar-refractivity contribution in [2.45, 2.75) is 18.7 Å². The van der Waals surface area contributed by atoms with Crippen LogP contribution in [0.1, 0.15) is 18.1 Å². The third kappa shape index (κ3) is 3.56. The van der Waals surface area contributed by atoms with Crippen molar-refractivity contribution >= 4 is 16.0 Å². The van der Waals surface area contributed by atoms with Crippen molar-refractivity contribution in [2.24, 2.45) is 0 Å². The smallest absolute Gasteiger partial charge is 0.321 e. The molecule has 6 nitrogen and oxygen atoms in total. The zero-order valence-electron chi connectivity index (χ0n) is 11.6. The lowest BCUT2D eigenvalue weighted by Crippen LogP contribution is -2.33. The van der Waals surface area contributed by atoms with Gasteiger partial charge in [0.1, 0.15) is 6.54 Å². The Balaban J connectivity index is 3.11. The standard InChI is InChI=1S/C13H16N2O4S/c1-4-19-13(16)9-15(3)20(17,18)12-7-11(8-14)6-5-10(12)2/h5-7H,4,9H2,1-3H3. The van der Waals surface area contributed by atoms with Crippen LogP contribution in [-0.4, -0.2) is 38.9 Å². The number of esters is 1. The van der Waals surface area contributed by atoms with Crippen LogP contribution in [0.2, 0.25) is 0 Å². The van der Waals surface area contributed by atoms with E-state index in [9.17, 15) is 13.2 Å². The first-order valence-electron chi connectivity index (χ1n) is 5.95.